The number of nitrogens with zero attached hydrogens (tertiary/aromatic N) is 1. The van der Waals surface area contributed by atoms with Crippen molar-refractivity contribution in [3.63, 3.8) is 0 Å². The van der Waals surface area contributed by atoms with E-state index in [9.17, 15) is 9.59 Å². The van der Waals surface area contributed by atoms with Gasteiger partial charge >= 0.3 is 5.97 Å². The zero-order chi connectivity index (χ0) is 12.0. The van der Waals surface area contributed by atoms with Crippen LogP contribution in [0.2, 0.25) is 0 Å². The summed E-state index contributed by atoms with van der Waals surface area (Å²) in [6.45, 7) is 3.15. The van der Waals surface area contributed by atoms with Crippen LogP contribution in [-0.2, 0) is 14.3 Å². The standard InChI is InChI=1S/C11H17NO3/c1-8(7-12(3)4)6-10(9(2)13)11(14)15-5/h6-7H,1-5H3/b8-7+,10-6+. The molecule has 0 spiro atoms. The van der Waals surface area contributed by atoms with Crippen molar-refractivity contribution in [3.8, 4) is 0 Å². The van der Waals surface area contributed by atoms with Gasteiger partial charge in [-0.1, -0.05) is 0 Å². The SMILES string of the molecule is COC(=O)/C(=C/C(C)=C/N(C)C)C(C)=O. The van der Waals surface area contributed by atoms with Crippen LogP contribution in [0.15, 0.2) is 23.4 Å². The predicted molar refractivity (Wildman–Crippen MR) is 58.2 cm³/mol. The number of hydrogen-bond acceptors (Lipinski definition) is 4. The molecule has 4 heteroatoms. The van der Waals surface area contributed by atoms with E-state index in [1.54, 1.807) is 0 Å². The van der Waals surface area contributed by atoms with E-state index < -0.39 is 5.97 Å². The number of Topliss-reactive ketones (excluding diaryl/α,β-unsaturated/α-hetero) is 1. The molecule has 0 saturated heterocycles. The Bertz CT molecular complexity index is 314. The van der Waals surface area contributed by atoms with Gasteiger partial charge in [0, 0.05) is 20.3 Å². The van der Waals surface area contributed by atoms with Crippen molar-refractivity contribution >= 4 is 11.8 Å². The highest BCUT2D eigenvalue weighted by molar-refractivity contribution is 6.16. The van der Waals surface area contributed by atoms with Crippen LogP contribution < -0.4 is 0 Å². The van der Waals surface area contributed by atoms with Gasteiger partial charge in [-0.3, -0.25) is 4.79 Å². The van der Waals surface area contributed by atoms with E-state index in [2.05, 4.69) is 4.74 Å². The van der Waals surface area contributed by atoms with E-state index >= 15 is 0 Å². The van der Waals surface area contributed by atoms with Crippen LogP contribution in [-0.4, -0.2) is 37.9 Å². The third-order valence-electron chi connectivity index (χ3n) is 1.62. The first-order valence-electron chi connectivity index (χ1n) is 4.54. The second kappa shape index (κ2) is 6.01. The maximum atomic E-state index is 11.2. The number of ether oxygens (including phenoxy) is 1. The smallest absolute Gasteiger partial charge is 0.341 e. The molecule has 0 aromatic rings. The van der Waals surface area contributed by atoms with Crippen molar-refractivity contribution in [3.05, 3.63) is 23.4 Å². The molecule has 0 aromatic heterocycles. The number of carbonyl (C=O) groups excluding carboxylic acids is 2. The average molecular weight is 211 g/mol. The van der Waals surface area contributed by atoms with Gasteiger partial charge in [0.25, 0.3) is 0 Å². The molecule has 4 nitrogen and oxygen atoms in total. The molecule has 0 saturated carbocycles. The molecule has 0 atom stereocenters. The van der Waals surface area contributed by atoms with E-state index in [4.69, 9.17) is 0 Å². The molecule has 0 N–H and O–H groups in total. The summed E-state index contributed by atoms with van der Waals surface area (Å²) >= 11 is 0. The van der Waals surface area contributed by atoms with Gasteiger partial charge in [0.15, 0.2) is 5.78 Å². The molecular weight excluding hydrogens is 194 g/mol. The van der Waals surface area contributed by atoms with Gasteiger partial charge in [-0.25, -0.2) is 4.79 Å². The molecule has 0 heterocycles. The van der Waals surface area contributed by atoms with Crippen LogP contribution in [0.5, 0.6) is 0 Å². The quantitative estimate of drug-likeness (QED) is 0.230. The lowest BCUT2D eigenvalue weighted by Gasteiger charge is -2.06. The van der Waals surface area contributed by atoms with Crippen LogP contribution in [0.4, 0.5) is 0 Å². The third-order valence-corrected chi connectivity index (χ3v) is 1.62. The number of hydrogen-bond donors (Lipinski definition) is 0. The highest BCUT2D eigenvalue weighted by Gasteiger charge is 2.14. The zero-order valence-electron chi connectivity index (χ0n) is 9.83. The summed E-state index contributed by atoms with van der Waals surface area (Å²) in [5.41, 5.74) is 0.878. The first-order chi connectivity index (χ1) is 6.88. The van der Waals surface area contributed by atoms with Crippen molar-refractivity contribution in [1.29, 1.82) is 0 Å². The van der Waals surface area contributed by atoms with Crippen molar-refractivity contribution in [1.82, 2.24) is 4.90 Å². The third kappa shape index (κ3) is 5.00. The molecular formula is C11H17NO3. The second-order valence-corrected chi connectivity index (χ2v) is 3.44. The Balaban J connectivity index is 5.01. The minimum atomic E-state index is -0.603. The molecule has 0 aromatic carbocycles. The van der Waals surface area contributed by atoms with Crippen LogP contribution in [0, 0.1) is 0 Å². The topological polar surface area (TPSA) is 46.6 Å². The lowest BCUT2D eigenvalue weighted by atomic mass is 10.1. The van der Waals surface area contributed by atoms with Gasteiger partial charge in [-0.2, -0.15) is 0 Å². The fourth-order valence-corrected chi connectivity index (χ4v) is 1.09. The van der Waals surface area contributed by atoms with E-state index in [1.165, 1.54) is 20.1 Å². The fraction of sp³-hybridized carbons (Fsp3) is 0.455. The second-order valence-electron chi connectivity index (χ2n) is 3.44. The Hall–Kier alpha value is -1.58. The molecule has 0 bridgehead atoms. The lowest BCUT2D eigenvalue weighted by Crippen LogP contribution is -2.12. The normalized spacial score (nSPS) is 12.3. The maximum absolute atomic E-state index is 11.2. The molecule has 0 amide bonds. The monoisotopic (exact) mass is 211 g/mol. The largest absolute Gasteiger partial charge is 0.465 e. The Morgan fingerprint density at radius 1 is 1.20 bits per heavy atom. The Kier molecular flexibility index (Phi) is 5.37. The van der Waals surface area contributed by atoms with E-state index in [-0.39, 0.29) is 11.4 Å². The Morgan fingerprint density at radius 2 is 1.73 bits per heavy atom. The molecule has 0 aliphatic rings. The lowest BCUT2D eigenvalue weighted by molar-refractivity contribution is -0.137. The number of rotatable bonds is 4. The maximum Gasteiger partial charge on any atom is 0.341 e. The molecule has 0 radical (unpaired) electrons. The van der Waals surface area contributed by atoms with Crippen molar-refractivity contribution in [2.45, 2.75) is 13.8 Å². The van der Waals surface area contributed by atoms with Crippen molar-refractivity contribution in [2.24, 2.45) is 0 Å². The van der Waals surface area contributed by atoms with Gasteiger partial charge in [-0.05, 0) is 25.5 Å². The summed E-state index contributed by atoms with van der Waals surface area (Å²) in [5, 5.41) is 0. The number of ketones is 1. The van der Waals surface area contributed by atoms with Gasteiger partial charge < -0.3 is 9.64 Å². The van der Waals surface area contributed by atoms with Crippen LogP contribution >= 0.6 is 0 Å². The highest BCUT2D eigenvalue weighted by Crippen LogP contribution is 2.06. The summed E-state index contributed by atoms with van der Waals surface area (Å²) in [7, 11) is 4.98. The molecule has 0 rings (SSSR count). The Labute approximate surface area is 90.2 Å². The minimum absolute atomic E-state index is 0.0631. The predicted octanol–water partition coefficient (Wildman–Crippen LogP) is 1.14. The molecule has 0 aliphatic heterocycles. The summed E-state index contributed by atoms with van der Waals surface area (Å²) in [6, 6.07) is 0. The van der Waals surface area contributed by atoms with Gasteiger partial charge in [0.05, 0.1) is 7.11 Å². The molecule has 0 unspecified atom stereocenters. The fourth-order valence-electron chi connectivity index (χ4n) is 1.09. The zero-order valence-corrected chi connectivity index (χ0v) is 9.83. The van der Waals surface area contributed by atoms with Crippen LogP contribution in [0.3, 0.4) is 0 Å². The summed E-state index contributed by atoms with van der Waals surface area (Å²) < 4.78 is 4.51. The molecule has 0 aliphatic carbocycles. The molecule has 84 valence electrons. The number of allylic oxidation sites excluding steroid dienone is 2. The summed E-state index contributed by atoms with van der Waals surface area (Å²) in [5.74, 6) is -0.901. The highest BCUT2D eigenvalue weighted by atomic mass is 16.5. The summed E-state index contributed by atoms with van der Waals surface area (Å²) in [4.78, 5) is 24.2. The van der Waals surface area contributed by atoms with E-state index in [0.29, 0.717) is 0 Å². The van der Waals surface area contributed by atoms with Crippen molar-refractivity contribution < 1.29 is 14.3 Å². The van der Waals surface area contributed by atoms with Crippen LogP contribution in [0.1, 0.15) is 13.8 Å². The number of esters is 1. The van der Waals surface area contributed by atoms with Crippen LogP contribution in [0.25, 0.3) is 0 Å². The van der Waals surface area contributed by atoms with Gasteiger partial charge in [-0.15, -0.1) is 0 Å². The van der Waals surface area contributed by atoms with E-state index in [1.807, 2.05) is 32.1 Å². The Morgan fingerprint density at radius 3 is 2.07 bits per heavy atom. The first kappa shape index (κ1) is 13.4. The van der Waals surface area contributed by atoms with Gasteiger partial charge in [0.1, 0.15) is 5.57 Å². The average Bonchev–Trinajstić information content (AvgIpc) is 2.11. The summed E-state index contributed by atoms with van der Waals surface area (Å²) in [6.07, 6.45) is 3.33. The number of carbonyl (C=O) groups is 2. The van der Waals surface area contributed by atoms with Gasteiger partial charge in [0.2, 0.25) is 0 Å². The molecule has 15 heavy (non-hydrogen) atoms. The van der Waals surface area contributed by atoms with Crippen molar-refractivity contribution in [2.75, 3.05) is 21.2 Å². The minimum Gasteiger partial charge on any atom is -0.465 e. The van der Waals surface area contributed by atoms with E-state index in [0.717, 1.165) is 5.57 Å². The number of methoxy groups -OCH3 is 1. The first-order valence-corrected chi connectivity index (χ1v) is 4.54. The molecule has 0 fully saturated rings.